The number of aromatic amines is 1. The maximum atomic E-state index is 4.88. The first kappa shape index (κ1) is 14.6. The molecule has 0 saturated carbocycles. The van der Waals surface area contributed by atoms with E-state index in [0.29, 0.717) is 17.3 Å². The number of nitrogens with one attached hydrogen (secondary N) is 1. The summed E-state index contributed by atoms with van der Waals surface area (Å²) in [6.45, 7) is 14.0. The highest BCUT2D eigenvalue weighted by atomic mass is 14.9. The third-order valence-corrected chi connectivity index (χ3v) is 4.14. The van der Waals surface area contributed by atoms with Crippen LogP contribution in [0, 0.1) is 17.3 Å². The van der Waals surface area contributed by atoms with Crippen LogP contribution in [0.3, 0.4) is 0 Å². The van der Waals surface area contributed by atoms with E-state index in [1.165, 1.54) is 36.5 Å². The van der Waals surface area contributed by atoms with Crippen LogP contribution in [0.5, 0.6) is 0 Å². The lowest BCUT2D eigenvalue weighted by molar-refractivity contribution is 0.304. The Balaban J connectivity index is 2.05. The van der Waals surface area contributed by atoms with Crippen LogP contribution >= 0.6 is 0 Å². The third-order valence-electron chi connectivity index (χ3n) is 4.14. The summed E-state index contributed by atoms with van der Waals surface area (Å²) in [6, 6.07) is 0. The number of imidazole rings is 1. The fourth-order valence-electron chi connectivity index (χ4n) is 3.73. The van der Waals surface area contributed by atoms with Gasteiger partial charge in [-0.05, 0) is 36.5 Å². The summed E-state index contributed by atoms with van der Waals surface area (Å²) < 4.78 is 0. The summed E-state index contributed by atoms with van der Waals surface area (Å²) in [7, 11) is 0. The van der Waals surface area contributed by atoms with Crippen LogP contribution in [0.2, 0.25) is 0 Å². The molecule has 1 heterocycles. The summed E-state index contributed by atoms with van der Waals surface area (Å²) in [6.07, 6.45) is 4.81. The third kappa shape index (κ3) is 3.84. The zero-order chi connectivity index (χ0) is 14.2. The molecular weight excluding hydrogens is 232 g/mol. The Labute approximate surface area is 118 Å². The molecule has 1 aliphatic rings. The molecule has 19 heavy (non-hydrogen) atoms. The highest BCUT2D eigenvalue weighted by Gasteiger charge is 2.25. The zero-order valence-corrected chi connectivity index (χ0v) is 13.5. The van der Waals surface area contributed by atoms with Gasteiger partial charge in [0.15, 0.2) is 0 Å². The molecule has 1 aromatic rings. The molecule has 108 valence electrons. The predicted octanol–water partition coefficient (Wildman–Crippen LogP) is 4.71. The summed E-state index contributed by atoms with van der Waals surface area (Å²) >= 11 is 0. The van der Waals surface area contributed by atoms with E-state index in [2.05, 4.69) is 46.5 Å². The zero-order valence-electron chi connectivity index (χ0n) is 13.5. The predicted molar refractivity (Wildman–Crippen MR) is 81.4 cm³/mol. The van der Waals surface area contributed by atoms with Crippen molar-refractivity contribution >= 4 is 0 Å². The van der Waals surface area contributed by atoms with E-state index < -0.39 is 0 Å². The Kier molecular flexibility index (Phi) is 4.08. The molecule has 1 N–H and O–H groups in total. The van der Waals surface area contributed by atoms with Crippen LogP contribution in [0.1, 0.15) is 77.5 Å². The lowest BCUT2D eigenvalue weighted by Gasteiger charge is -2.22. The second-order valence-corrected chi connectivity index (χ2v) is 8.07. The van der Waals surface area contributed by atoms with E-state index in [1.807, 2.05) is 0 Å². The first-order valence-electron chi connectivity index (χ1n) is 7.82. The Hall–Kier alpha value is -0.790. The fourth-order valence-corrected chi connectivity index (χ4v) is 3.73. The number of fused-ring (bicyclic) bond motifs is 1. The molecule has 1 aliphatic carbocycles. The molecule has 0 amide bonds. The fraction of sp³-hybridized carbons (Fsp3) is 0.824. The molecule has 2 heteroatoms. The number of rotatable bonds is 3. The van der Waals surface area contributed by atoms with Gasteiger partial charge in [0.1, 0.15) is 5.82 Å². The van der Waals surface area contributed by atoms with Crippen LogP contribution in [0.25, 0.3) is 0 Å². The SMILES string of the molecule is CC1Cc2[nH]c(CC(C)CC(C)(C)C)nc2C(C)C1. The van der Waals surface area contributed by atoms with E-state index in [9.17, 15) is 0 Å². The Morgan fingerprint density at radius 3 is 2.63 bits per heavy atom. The number of nitrogens with zero attached hydrogens (tertiary/aromatic N) is 1. The molecule has 3 atom stereocenters. The molecule has 0 bridgehead atoms. The van der Waals surface area contributed by atoms with Gasteiger partial charge in [0.25, 0.3) is 0 Å². The van der Waals surface area contributed by atoms with Crippen molar-refractivity contribution in [2.45, 2.75) is 73.1 Å². The first-order valence-corrected chi connectivity index (χ1v) is 7.82. The Morgan fingerprint density at radius 1 is 1.32 bits per heavy atom. The van der Waals surface area contributed by atoms with E-state index in [4.69, 9.17) is 4.98 Å². The molecule has 0 spiro atoms. The first-order chi connectivity index (χ1) is 8.74. The highest BCUT2D eigenvalue weighted by Crippen LogP contribution is 2.33. The molecule has 0 radical (unpaired) electrons. The van der Waals surface area contributed by atoms with Gasteiger partial charge in [0.05, 0.1) is 5.69 Å². The lowest BCUT2D eigenvalue weighted by Crippen LogP contribution is -2.14. The van der Waals surface area contributed by atoms with Gasteiger partial charge in [-0.2, -0.15) is 0 Å². The van der Waals surface area contributed by atoms with E-state index in [-0.39, 0.29) is 0 Å². The summed E-state index contributed by atoms with van der Waals surface area (Å²) in [4.78, 5) is 8.48. The smallest absolute Gasteiger partial charge is 0.106 e. The monoisotopic (exact) mass is 262 g/mol. The Morgan fingerprint density at radius 2 is 2.00 bits per heavy atom. The second kappa shape index (κ2) is 5.30. The maximum Gasteiger partial charge on any atom is 0.106 e. The second-order valence-electron chi connectivity index (χ2n) is 8.07. The van der Waals surface area contributed by atoms with Gasteiger partial charge in [-0.15, -0.1) is 0 Å². The van der Waals surface area contributed by atoms with Crippen molar-refractivity contribution in [2.75, 3.05) is 0 Å². The minimum absolute atomic E-state index is 0.410. The van der Waals surface area contributed by atoms with Crippen LogP contribution in [-0.4, -0.2) is 9.97 Å². The van der Waals surface area contributed by atoms with Crippen LogP contribution in [0.15, 0.2) is 0 Å². The van der Waals surface area contributed by atoms with Crippen molar-refractivity contribution < 1.29 is 0 Å². The molecular formula is C17H30N2. The summed E-state index contributed by atoms with van der Waals surface area (Å²) in [5, 5.41) is 0. The molecule has 1 aromatic heterocycles. The molecule has 0 aliphatic heterocycles. The van der Waals surface area contributed by atoms with Crippen molar-refractivity contribution in [1.29, 1.82) is 0 Å². The normalized spacial score (nSPS) is 25.2. The number of aromatic nitrogens is 2. The van der Waals surface area contributed by atoms with Gasteiger partial charge >= 0.3 is 0 Å². The van der Waals surface area contributed by atoms with Gasteiger partial charge in [0.2, 0.25) is 0 Å². The quantitative estimate of drug-likeness (QED) is 0.839. The van der Waals surface area contributed by atoms with Crippen molar-refractivity contribution in [2.24, 2.45) is 17.3 Å². The highest BCUT2D eigenvalue weighted by molar-refractivity contribution is 5.22. The standard InChI is InChI=1S/C17H30N2/c1-11-7-13(3)16-14(8-11)18-15(19-16)9-12(2)10-17(4,5)6/h11-13H,7-10H2,1-6H3,(H,18,19). The van der Waals surface area contributed by atoms with Gasteiger partial charge < -0.3 is 4.98 Å². The Bertz CT molecular complexity index is 425. The van der Waals surface area contributed by atoms with Gasteiger partial charge in [-0.3, -0.25) is 0 Å². The molecule has 3 unspecified atom stereocenters. The number of hydrogen-bond donors (Lipinski definition) is 1. The minimum atomic E-state index is 0.410. The summed E-state index contributed by atoms with van der Waals surface area (Å²) in [5.41, 5.74) is 3.16. The van der Waals surface area contributed by atoms with Gasteiger partial charge in [-0.25, -0.2) is 4.98 Å². The van der Waals surface area contributed by atoms with Gasteiger partial charge in [0, 0.05) is 18.0 Å². The summed E-state index contributed by atoms with van der Waals surface area (Å²) in [5.74, 6) is 3.33. The van der Waals surface area contributed by atoms with Crippen molar-refractivity contribution in [3.05, 3.63) is 17.2 Å². The van der Waals surface area contributed by atoms with E-state index in [0.717, 1.165) is 12.3 Å². The number of hydrogen-bond acceptors (Lipinski definition) is 1. The van der Waals surface area contributed by atoms with Crippen molar-refractivity contribution in [1.82, 2.24) is 9.97 Å². The van der Waals surface area contributed by atoms with Crippen molar-refractivity contribution in [3.63, 3.8) is 0 Å². The average Bonchev–Trinajstić information content (AvgIpc) is 2.56. The molecule has 0 fully saturated rings. The largest absolute Gasteiger partial charge is 0.346 e. The molecule has 2 rings (SSSR count). The minimum Gasteiger partial charge on any atom is -0.346 e. The number of H-pyrrole nitrogens is 1. The van der Waals surface area contributed by atoms with Crippen molar-refractivity contribution in [3.8, 4) is 0 Å². The maximum absolute atomic E-state index is 4.88. The lowest BCUT2D eigenvalue weighted by atomic mass is 9.84. The average molecular weight is 262 g/mol. The topological polar surface area (TPSA) is 28.7 Å². The van der Waals surface area contributed by atoms with Crippen LogP contribution < -0.4 is 0 Å². The van der Waals surface area contributed by atoms with Gasteiger partial charge in [-0.1, -0.05) is 41.5 Å². The van der Waals surface area contributed by atoms with Crippen LogP contribution in [-0.2, 0) is 12.8 Å². The molecule has 2 nitrogen and oxygen atoms in total. The van der Waals surface area contributed by atoms with Crippen LogP contribution in [0.4, 0.5) is 0 Å². The molecule has 0 saturated heterocycles. The van der Waals surface area contributed by atoms with E-state index in [1.54, 1.807) is 0 Å². The molecule has 0 aromatic carbocycles. The van der Waals surface area contributed by atoms with E-state index >= 15 is 0 Å².